The monoisotopic (exact) mass is 249 g/mol. The summed E-state index contributed by atoms with van der Waals surface area (Å²) in [4.78, 5) is 0. The van der Waals surface area contributed by atoms with E-state index in [2.05, 4.69) is 5.16 Å². The van der Waals surface area contributed by atoms with Gasteiger partial charge in [-0.25, -0.2) is 0 Å². The molecule has 1 unspecified atom stereocenters. The second-order valence-electron chi connectivity index (χ2n) is 4.45. The molecule has 3 rings (SSSR count). The highest BCUT2D eigenvalue weighted by molar-refractivity contribution is 6.05. The third kappa shape index (κ3) is 2.13. The fraction of sp³-hybridized carbons (Fsp3) is 0.462. The average Bonchev–Trinajstić information content (AvgIpc) is 2.82. The zero-order chi connectivity index (χ0) is 12.4. The molecule has 5 nitrogen and oxygen atoms in total. The topological polar surface area (TPSA) is 60.3 Å². The molecule has 0 aromatic heterocycles. The molecule has 2 heterocycles. The summed E-state index contributed by atoms with van der Waals surface area (Å²) in [6.45, 7) is 1.77. The van der Waals surface area contributed by atoms with E-state index < -0.39 is 0 Å². The summed E-state index contributed by atoms with van der Waals surface area (Å²) >= 11 is 0. The summed E-state index contributed by atoms with van der Waals surface area (Å²) in [5.74, 6) is 1.47. The van der Waals surface area contributed by atoms with Crippen LogP contribution in [0, 0.1) is 0 Å². The highest BCUT2D eigenvalue weighted by Gasteiger charge is 2.22. The highest BCUT2D eigenvalue weighted by Crippen LogP contribution is 2.30. The Labute approximate surface area is 105 Å². The van der Waals surface area contributed by atoms with Crippen molar-refractivity contribution in [3.63, 3.8) is 0 Å². The summed E-state index contributed by atoms with van der Waals surface area (Å²) in [7, 11) is 0. The van der Waals surface area contributed by atoms with Crippen LogP contribution in [0.5, 0.6) is 11.5 Å². The number of fused-ring (bicyclic) bond motifs is 1. The molecule has 0 aliphatic carbocycles. The molecule has 2 aliphatic rings. The van der Waals surface area contributed by atoms with Gasteiger partial charge < -0.3 is 19.4 Å². The van der Waals surface area contributed by atoms with Crippen LogP contribution in [0.3, 0.4) is 0 Å². The van der Waals surface area contributed by atoms with Crippen molar-refractivity contribution in [3.8, 4) is 11.5 Å². The maximum Gasteiger partial charge on any atom is 0.134 e. The summed E-state index contributed by atoms with van der Waals surface area (Å²) < 4.78 is 16.6. The lowest BCUT2D eigenvalue weighted by Crippen LogP contribution is -2.27. The second-order valence-corrected chi connectivity index (χ2v) is 4.45. The molecule has 0 amide bonds. The lowest BCUT2D eigenvalue weighted by Gasteiger charge is -2.23. The van der Waals surface area contributed by atoms with Gasteiger partial charge in [-0.05, 0) is 25.0 Å². The van der Waals surface area contributed by atoms with E-state index in [1.165, 1.54) is 0 Å². The van der Waals surface area contributed by atoms with Crippen LogP contribution in [0.4, 0.5) is 0 Å². The van der Waals surface area contributed by atoms with Crippen LogP contribution in [0.1, 0.15) is 18.4 Å². The number of hydrogen-bond acceptors (Lipinski definition) is 5. The third-order valence-corrected chi connectivity index (χ3v) is 3.17. The van der Waals surface area contributed by atoms with Gasteiger partial charge >= 0.3 is 0 Å². The largest absolute Gasteiger partial charge is 0.488 e. The van der Waals surface area contributed by atoms with Crippen LogP contribution in [0.25, 0.3) is 0 Å². The first-order valence-electron chi connectivity index (χ1n) is 6.09. The van der Waals surface area contributed by atoms with Crippen LogP contribution in [-0.2, 0) is 4.74 Å². The first-order chi connectivity index (χ1) is 8.86. The van der Waals surface area contributed by atoms with E-state index in [1.807, 2.05) is 18.2 Å². The summed E-state index contributed by atoms with van der Waals surface area (Å²) in [5, 5.41) is 12.0. The van der Waals surface area contributed by atoms with Crippen molar-refractivity contribution in [2.75, 3.05) is 19.8 Å². The molecule has 1 saturated heterocycles. The Morgan fingerprint density at radius 3 is 3.11 bits per heavy atom. The molecule has 1 fully saturated rings. The normalized spacial score (nSPS) is 24.7. The van der Waals surface area contributed by atoms with Gasteiger partial charge in [0.2, 0.25) is 0 Å². The molecule has 5 heteroatoms. The summed E-state index contributed by atoms with van der Waals surface area (Å²) in [5.41, 5.74) is 1.38. The Bertz CT molecular complexity index is 466. The fourth-order valence-electron chi connectivity index (χ4n) is 2.24. The molecule has 96 valence electrons. The molecular formula is C13H15NO4. The molecule has 1 atom stereocenters. The van der Waals surface area contributed by atoms with E-state index in [4.69, 9.17) is 19.4 Å². The highest BCUT2D eigenvalue weighted by atomic mass is 16.5. The van der Waals surface area contributed by atoms with E-state index >= 15 is 0 Å². The zero-order valence-corrected chi connectivity index (χ0v) is 9.96. The molecular weight excluding hydrogens is 234 g/mol. The molecule has 0 radical (unpaired) electrons. The van der Waals surface area contributed by atoms with Crippen molar-refractivity contribution in [2.45, 2.75) is 18.9 Å². The fourth-order valence-corrected chi connectivity index (χ4v) is 2.24. The van der Waals surface area contributed by atoms with E-state index in [1.54, 1.807) is 0 Å². The lowest BCUT2D eigenvalue weighted by molar-refractivity contribution is 0.00736. The predicted molar refractivity (Wildman–Crippen MR) is 64.7 cm³/mol. The SMILES string of the molecule is O/N=C1/COc2cc(OC3CCCOC3)ccc21. The Hall–Kier alpha value is -1.75. The van der Waals surface area contributed by atoms with E-state index in [-0.39, 0.29) is 6.10 Å². The molecule has 1 N–H and O–H groups in total. The van der Waals surface area contributed by atoms with Gasteiger partial charge in [-0.3, -0.25) is 0 Å². The van der Waals surface area contributed by atoms with Gasteiger partial charge in [0.15, 0.2) is 0 Å². The van der Waals surface area contributed by atoms with Crippen molar-refractivity contribution in [1.29, 1.82) is 0 Å². The third-order valence-electron chi connectivity index (χ3n) is 3.17. The second kappa shape index (κ2) is 4.86. The van der Waals surface area contributed by atoms with Crippen molar-refractivity contribution >= 4 is 5.71 Å². The number of nitrogens with zero attached hydrogens (tertiary/aromatic N) is 1. The number of hydrogen-bond donors (Lipinski definition) is 1. The van der Waals surface area contributed by atoms with Crippen molar-refractivity contribution in [2.24, 2.45) is 5.16 Å². The molecule has 0 saturated carbocycles. The maximum atomic E-state index is 8.80. The molecule has 0 spiro atoms. The van der Waals surface area contributed by atoms with Crippen LogP contribution >= 0.6 is 0 Å². The van der Waals surface area contributed by atoms with E-state index in [9.17, 15) is 0 Å². The summed E-state index contributed by atoms with van der Waals surface area (Å²) in [6.07, 6.45) is 2.17. The van der Waals surface area contributed by atoms with Gasteiger partial charge in [0.05, 0.1) is 6.61 Å². The predicted octanol–water partition coefficient (Wildman–Crippen LogP) is 1.82. The van der Waals surface area contributed by atoms with Gasteiger partial charge in [0.1, 0.15) is 29.9 Å². The Morgan fingerprint density at radius 2 is 2.33 bits per heavy atom. The Kier molecular flexibility index (Phi) is 3.06. The molecule has 0 bridgehead atoms. The standard InChI is InChI=1S/C13H15NO4/c15-14-12-8-17-13-6-9(3-4-11(12)13)18-10-2-1-5-16-7-10/h3-4,6,10,15H,1-2,5,7-8H2/b14-12-. The number of oxime groups is 1. The van der Waals surface area contributed by atoms with Crippen LogP contribution in [0.2, 0.25) is 0 Å². The molecule has 1 aromatic carbocycles. The number of ether oxygens (including phenoxy) is 3. The molecule has 18 heavy (non-hydrogen) atoms. The minimum atomic E-state index is 0.115. The molecule has 1 aromatic rings. The number of rotatable bonds is 2. The van der Waals surface area contributed by atoms with E-state index in [0.29, 0.717) is 24.7 Å². The van der Waals surface area contributed by atoms with E-state index in [0.717, 1.165) is 30.8 Å². The minimum absolute atomic E-state index is 0.115. The van der Waals surface area contributed by atoms with Gasteiger partial charge in [-0.15, -0.1) is 0 Å². The van der Waals surface area contributed by atoms with Crippen LogP contribution < -0.4 is 9.47 Å². The van der Waals surface area contributed by atoms with Crippen molar-refractivity contribution < 1.29 is 19.4 Å². The number of benzene rings is 1. The summed E-state index contributed by atoms with van der Waals surface area (Å²) in [6, 6.07) is 5.56. The van der Waals surface area contributed by atoms with Gasteiger partial charge in [-0.2, -0.15) is 0 Å². The average molecular weight is 249 g/mol. The van der Waals surface area contributed by atoms with Crippen molar-refractivity contribution in [1.82, 2.24) is 0 Å². The van der Waals surface area contributed by atoms with Gasteiger partial charge in [0.25, 0.3) is 0 Å². The van der Waals surface area contributed by atoms with Gasteiger partial charge in [0, 0.05) is 18.2 Å². The quantitative estimate of drug-likeness (QED) is 0.641. The maximum absolute atomic E-state index is 8.80. The minimum Gasteiger partial charge on any atom is -0.488 e. The first-order valence-corrected chi connectivity index (χ1v) is 6.09. The molecule has 2 aliphatic heterocycles. The van der Waals surface area contributed by atoms with Crippen molar-refractivity contribution in [3.05, 3.63) is 23.8 Å². The first kappa shape index (κ1) is 11.3. The van der Waals surface area contributed by atoms with Gasteiger partial charge in [-0.1, -0.05) is 5.16 Å². The lowest BCUT2D eigenvalue weighted by atomic mass is 10.1. The zero-order valence-electron chi connectivity index (χ0n) is 9.96. The Morgan fingerprint density at radius 1 is 1.39 bits per heavy atom. The van der Waals surface area contributed by atoms with Crippen LogP contribution in [0.15, 0.2) is 23.4 Å². The van der Waals surface area contributed by atoms with Crippen LogP contribution in [-0.4, -0.2) is 36.8 Å². The smallest absolute Gasteiger partial charge is 0.134 e. The Balaban J connectivity index is 1.75.